The molecule has 0 saturated carbocycles. The Morgan fingerprint density at radius 1 is 1.04 bits per heavy atom. The Morgan fingerprint density at radius 2 is 1.72 bits per heavy atom. The van der Waals surface area contributed by atoms with Gasteiger partial charge in [0, 0.05) is 18.2 Å². The van der Waals surface area contributed by atoms with Crippen LogP contribution in [0.1, 0.15) is 10.4 Å². The van der Waals surface area contributed by atoms with Crippen LogP contribution in [0.2, 0.25) is 0 Å². The quantitative estimate of drug-likeness (QED) is 0.799. The van der Waals surface area contributed by atoms with Crippen LogP contribution in [0.3, 0.4) is 0 Å². The van der Waals surface area contributed by atoms with Gasteiger partial charge >= 0.3 is 12.3 Å². The van der Waals surface area contributed by atoms with Crippen molar-refractivity contribution in [2.24, 2.45) is 0 Å². The van der Waals surface area contributed by atoms with Crippen molar-refractivity contribution in [1.82, 2.24) is 0 Å². The van der Waals surface area contributed by atoms with Gasteiger partial charge in [0.1, 0.15) is 28.7 Å². The smallest absolute Gasteiger partial charge is 0.493 e. The summed E-state index contributed by atoms with van der Waals surface area (Å²) in [6.07, 6.45) is -4.93. The van der Waals surface area contributed by atoms with Crippen LogP contribution in [0, 0.1) is 11.6 Å². The topological polar surface area (TPSA) is 65.0 Å². The monoisotopic (exact) mass is 364 g/mol. The zero-order chi connectivity index (χ0) is 18.8. The van der Waals surface area contributed by atoms with E-state index in [9.17, 15) is 26.7 Å². The van der Waals surface area contributed by atoms with Crippen LogP contribution < -0.4 is 14.2 Å². The molecule has 5 nitrogen and oxygen atoms in total. The molecule has 0 aliphatic rings. The molecule has 0 unspecified atom stereocenters. The standard InChI is InChI=1S/C15H9F5O5/c1-23-11-6-8(25-15(18,19)20)2-3-10(11)24-12-5-7(16)4-9(17)13(12)14(21)22/h2-6H,1H3,(H,21,22). The number of carbonyl (C=O) groups is 1. The summed E-state index contributed by atoms with van der Waals surface area (Å²) in [5.74, 6) is -6.06. The maximum absolute atomic E-state index is 13.6. The van der Waals surface area contributed by atoms with E-state index in [0.29, 0.717) is 12.1 Å². The number of rotatable bonds is 5. The molecular weight excluding hydrogens is 355 g/mol. The van der Waals surface area contributed by atoms with E-state index in [2.05, 4.69) is 4.74 Å². The predicted octanol–water partition coefficient (Wildman–Crippen LogP) is 4.36. The number of hydrogen-bond acceptors (Lipinski definition) is 4. The van der Waals surface area contributed by atoms with Gasteiger partial charge in [-0.1, -0.05) is 0 Å². The molecule has 0 saturated heterocycles. The maximum atomic E-state index is 13.6. The van der Waals surface area contributed by atoms with Gasteiger partial charge in [-0.25, -0.2) is 13.6 Å². The van der Waals surface area contributed by atoms with Crippen molar-refractivity contribution in [2.75, 3.05) is 7.11 Å². The lowest BCUT2D eigenvalue weighted by atomic mass is 10.2. The Hall–Kier alpha value is -3.04. The summed E-state index contributed by atoms with van der Waals surface area (Å²) in [4.78, 5) is 11.1. The molecule has 0 spiro atoms. The number of benzene rings is 2. The number of carboxylic acid groups (broad SMARTS) is 1. The van der Waals surface area contributed by atoms with Gasteiger partial charge in [0.2, 0.25) is 0 Å². The van der Waals surface area contributed by atoms with Crippen molar-refractivity contribution in [3.05, 3.63) is 47.5 Å². The fraction of sp³-hybridized carbons (Fsp3) is 0.133. The minimum absolute atomic E-state index is 0.274. The van der Waals surface area contributed by atoms with Crippen LogP contribution in [0.4, 0.5) is 22.0 Å². The fourth-order valence-corrected chi connectivity index (χ4v) is 1.89. The van der Waals surface area contributed by atoms with E-state index in [1.807, 2.05) is 0 Å². The number of carboxylic acids is 1. The summed E-state index contributed by atoms with van der Waals surface area (Å²) in [5.41, 5.74) is -0.945. The molecular formula is C15H9F5O5. The number of aromatic carboxylic acids is 1. The molecule has 0 aliphatic carbocycles. The first kappa shape index (κ1) is 18.3. The molecule has 0 atom stereocenters. The maximum Gasteiger partial charge on any atom is 0.573 e. The first-order chi connectivity index (χ1) is 11.6. The van der Waals surface area contributed by atoms with Crippen molar-refractivity contribution >= 4 is 5.97 Å². The first-order valence-corrected chi connectivity index (χ1v) is 6.44. The second kappa shape index (κ2) is 6.83. The van der Waals surface area contributed by atoms with Crippen molar-refractivity contribution in [3.63, 3.8) is 0 Å². The summed E-state index contributed by atoms with van der Waals surface area (Å²) in [7, 11) is 1.10. The Bertz CT molecular complexity index is 804. The van der Waals surface area contributed by atoms with Gasteiger partial charge in [-0.05, 0) is 12.1 Å². The summed E-state index contributed by atoms with van der Waals surface area (Å²) >= 11 is 0. The third-order valence-electron chi connectivity index (χ3n) is 2.82. The second-order valence-corrected chi connectivity index (χ2v) is 4.53. The number of halogens is 5. The average molecular weight is 364 g/mol. The van der Waals surface area contributed by atoms with Gasteiger partial charge in [-0.15, -0.1) is 13.2 Å². The Labute approximate surface area is 137 Å². The van der Waals surface area contributed by atoms with Crippen LogP contribution in [-0.2, 0) is 0 Å². The van der Waals surface area contributed by atoms with E-state index >= 15 is 0 Å². The lowest BCUT2D eigenvalue weighted by molar-refractivity contribution is -0.274. The van der Waals surface area contributed by atoms with E-state index in [1.165, 1.54) is 0 Å². The molecule has 0 radical (unpaired) electrons. The highest BCUT2D eigenvalue weighted by Crippen LogP contribution is 2.38. The van der Waals surface area contributed by atoms with Crippen LogP contribution in [0.15, 0.2) is 30.3 Å². The van der Waals surface area contributed by atoms with Crippen molar-refractivity contribution < 1.29 is 46.1 Å². The highest BCUT2D eigenvalue weighted by molar-refractivity contribution is 5.91. The van der Waals surface area contributed by atoms with Crippen molar-refractivity contribution in [3.8, 4) is 23.0 Å². The summed E-state index contributed by atoms with van der Waals surface area (Å²) in [5, 5.41) is 8.99. The molecule has 2 aromatic rings. The number of ether oxygens (including phenoxy) is 3. The molecule has 0 heterocycles. The largest absolute Gasteiger partial charge is 0.573 e. The molecule has 0 bridgehead atoms. The lowest BCUT2D eigenvalue weighted by Crippen LogP contribution is -2.17. The van der Waals surface area contributed by atoms with Gasteiger partial charge in [0.25, 0.3) is 0 Å². The van der Waals surface area contributed by atoms with Gasteiger partial charge in [-0.2, -0.15) is 0 Å². The van der Waals surface area contributed by atoms with Gasteiger partial charge in [0.05, 0.1) is 7.11 Å². The molecule has 0 amide bonds. The van der Waals surface area contributed by atoms with Gasteiger partial charge in [-0.3, -0.25) is 0 Å². The molecule has 0 fully saturated rings. The highest BCUT2D eigenvalue weighted by Gasteiger charge is 2.31. The average Bonchev–Trinajstić information content (AvgIpc) is 2.46. The summed E-state index contributed by atoms with van der Waals surface area (Å²) < 4.78 is 77.2. The first-order valence-electron chi connectivity index (χ1n) is 6.44. The lowest BCUT2D eigenvalue weighted by Gasteiger charge is -2.15. The Morgan fingerprint density at radius 3 is 2.28 bits per heavy atom. The molecule has 10 heteroatoms. The molecule has 25 heavy (non-hydrogen) atoms. The number of alkyl halides is 3. The van der Waals surface area contributed by atoms with Crippen LogP contribution >= 0.6 is 0 Å². The second-order valence-electron chi connectivity index (χ2n) is 4.53. The van der Waals surface area contributed by atoms with E-state index in [0.717, 1.165) is 25.3 Å². The Kier molecular flexibility index (Phi) is 5.00. The van der Waals surface area contributed by atoms with E-state index in [4.69, 9.17) is 14.6 Å². The van der Waals surface area contributed by atoms with E-state index < -0.39 is 41.0 Å². The number of methoxy groups -OCH3 is 1. The molecule has 1 N–H and O–H groups in total. The summed E-state index contributed by atoms with van der Waals surface area (Å²) in [6, 6.07) is 3.62. The minimum Gasteiger partial charge on any atom is -0.493 e. The SMILES string of the molecule is COc1cc(OC(F)(F)F)ccc1Oc1cc(F)cc(F)c1C(=O)O. The van der Waals surface area contributed by atoms with E-state index in [1.54, 1.807) is 0 Å². The predicted molar refractivity (Wildman–Crippen MR) is 73.1 cm³/mol. The van der Waals surface area contributed by atoms with Crippen LogP contribution in [-0.4, -0.2) is 24.5 Å². The molecule has 134 valence electrons. The zero-order valence-electron chi connectivity index (χ0n) is 12.4. The van der Waals surface area contributed by atoms with Crippen molar-refractivity contribution in [1.29, 1.82) is 0 Å². The minimum atomic E-state index is -4.93. The van der Waals surface area contributed by atoms with Crippen LogP contribution in [0.25, 0.3) is 0 Å². The molecule has 2 rings (SSSR count). The third kappa shape index (κ3) is 4.49. The number of hydrogen-bond donors (Lipinski definition) is 1. The molecule has 0 aliphatic heterocycles. The highest BCUT2D eigenvalue weighted by atomic mass is 19.4. The van der Waals surface area contributed by atoms with E-state index in [-0.39, 0.29) is 11.5 Å². The molecule has 2 aromatic carbocycles. The van der Waals surface area contributed by atoms with Gasteiger partial charge < -0.3 is 19.3 Å². The summed E-state index contributed by atoms with van der Waals surface area (Å²) in [6.45, 7) is 0. The third-order valence-corrected chi connectivity index (χ3v) is 2.82. The zero-order valence-corrected chi connectivity index (χ0v) is 12.4. The van der Waals surface area contributed by atoms with Gasteiger partial charge in [0.15, 0.2) is 11.5 Å². The normalized spacial score (nSPS) is 11.1. The van der Waals surface area contributed by atoms with Crippen LogP contribution in [0.5, 0.6) is 23.0 Å². The Balaban J connectivity index is 2.42. The molecule has 0 aromatic heterocycles. The van der Waals surface area contributed by atoms with Crippen molar-refractivity contribution in [2.45, 2.75) is 6.36 Å². The fourth-order valence-electron chi connectivity index (χ4n) is 1.89.